The summed E-state index contributed by atoms with van der Waals surface area (Å²) in [6.45, 7) is 7.73. The Morgan fingerprint density at radius 1 is 1.24 bits per heavy atom. The van der Waals surface area contributed by atoms with Gasteiger partial charge in [0.05, 0.1) is 11.6 Å². The molecule has 2 fully saturated rings. The highest BCUT2D eigenvalue weighted by molar-refractivity contribution is 6.04. The molecule has 2 amide bonds. The van der Waals surface area contributed by atoms with E-state index in [-0.39, 0.29) is 35.5 Å². The standard InChI is InChI=1S/C26H37N3O5/c1-5-22(30)17-13-18(16-27-15-17)24(31)29(19-7-8-19)20-9-10-23-21(14-20)28(11-6-12-33-4)25(32)26(2,3)34-23/h9-10,14,17-19,27H,5-8,11-13,15-16H2,1-4H3/t17-,18+/m0/s1. The number of Topliss-reactive ketones (excluding diaryl/α,β-unsaturated/α-hetero) is 1. The highest BCUT2D eigenvalue weighted by Gasteiger charge is 2.43. The highest BCUT2D eigenvalue weighted by Crippen LogP contribution is 2.43. The number of carbonyl (C=O) groups is 3. The van der Waals surface area contributed by atoms with Gasteiger partial charge in [0.25, 0.3) is 5.91 Å². The molecule has 1 saturated carbocycles. The van der Waals surface area contributed by atoms with Crippen molar-refractivity contribution < 1.29 is 23.9 Å². The van der Waals surface area contributed by atoms with Gasteiger partial charge >= 0.3 is 0 Å². The lowest BCUT2D eigenvalue weighted by Crippen LogP contribution is -2.53. The Morgan fingerprint density at radius 2 is 1.97 bits per heavy atom. The van der Waals surface area contributed by atoms with Crippen molar-refractivity contribution in [3.05, 3.63) is 18.2 Å². The summed E-state index contributed by atoms with van der Waals surface area (Å²) in [7, 11) is 1.65. The van der Waals surface area contributed by atoms with E-state index in [4.69, 9.17) is 9.47 Å². The molecule has 0 spiro atoms. The van der Waals surface area contributed by atoms with E-state index in [1.54, 1.807) is 25.9 Å². The zero-order valence-corrected chi connectivity index (χ0v) is 20.8. The van der Waals surface area contributed by atoms with E-state index in [1.807, 2.05) is 30.0 Å². The zero-order chi connectivity index (χ0) is 24.5. The smallest absolute Gasteiger partial charge is 0.270 e. The SMILES string of the molecule is CCC(=O)[C@@H]1CNC[C@H](C(=O)N(c2ccc3c(c2)N(CCCOC)C(=O)C(C)(C)O3)C2CC2)C1. The Morgan fingerprint density at radius 3 is 2.65 bits per heavy atom. The van der Waals surface area contributed by atoms with Crippen LogP contribution in [-0.2, 0) is 19.1 Å². The number of anilines is 2. The van der Waals surface area contributed by atoms with Crippen molar-refractivity contribution in [2.75, 3.05) is 43.2 Å². The zero-order valence-electron chi connectivity index (χ0n) is 20.8. The van der Waals surface area contributed by atoms with E-state index in [2.05, 4.69) is 5.32 Å². The molecule has 0 aromatic heterocycles. The first-order valence-electron chi connectivity index (χ1n) is 12.5. The largest absolute Gasteiger partial charge is 0.476 e. The van der Waals surface area contributed by atoms with Crippen LogP contribution in [0.25, 0.3) is 0 Å². The van der Waals surface area contributed by atoms with Crippen LogP contribution >= 0.6 is 0 Å². The summed E-state index contributed by atoms with van der Waals surface area (Å²) < 4.78 is 11.2. The van der Waals surface area contributed by atoms with E-state index in [9.17, 15) is 14.4 Å². The van der Waals surface area contributed by atoms with Gasteiger partial charge in [-0.25, -0.2) is 0 Å². The van der Waals surface area contributed by atoms with Crippen LogP contribution < -0.4 is 19.9 Å². The molecule has 8 nitrogen and oxygen atoms in total. The molecule has 4 rings (SSSR count). The third-order valence-corrected chi connectivity index (χ3v) is 7.02. The van der Waals surface area contributed by atoms with Crippen molar-refractivity contribution in [3.63, 3.8) is 0 Å². The lowest BCUT2D eigenvalue weighted by Gasteiger charge is -2.39. The van der Waals surface area contributed by atoms with Crippen LogP contribution in [-0.4, -0.2) is 62.6 Å². The summed E-state index contributed by atoms with van der Waals surface area (Å²) in [6, 6.07) is 5.86. The number of nitrogens with one attached hydrogen (secondary N) is 1. The topological polar surface area (TPSA) is 88.2 Å². The van der Waals surface area contributed by atoms with Gasteiger partial charge in [-0.05, 0) is 57.7 Å². The second-order valence-corrected chi connectivity index (χ2v) is 10.1. The van der Waals surface area contributed by atoms with Crippen molar-refractivity contribution in [2.24, 2.45) is 11.8 Å². The van der Waals surface area contributed by atoms with Gasteiger partial charge in [-0.3, -0.25) is 14.4 Å². The van der Waals surface area contributed by atoms with E-state index in [0.717, 1.165) is 18.5 Å². The molecule has 186 valence electrons. The van der Waals surface area contributed by atoms with E-state index >= 15 is 0 Å². The Labute approximate surface area is 201 Å². The van der Waals surface area contributed by atoms with Gasteiger partial charge < -0.3 is 24.6 Å². The minimum Gasteiger partial charge on any atom is -0.476 e. The van der Waals surface area contributed by atoms with Gasteiger partial charge in [0.1, 0.15) is 11.5 Å². The maximum absolute atomic E-state index is 13.7. The number of methoxy groups -OCH3 is 1. The van der Waals surface area contributed by atoms with Gasteiger partial charge in [0.15, 0.2) is 5.60 Å². The normalized spacial score (nSPS) is 23.8. The number of fused-ring (bicyclic) bond motifs is 1. The molecule has 0 radical (unpaired) electrons. The second-order valence-electron chi connectivity index (χ2n) is 10.1. The molecule has 2 aliphatic heterocycles. The fourth-order valence-electron chi connectivity index (χ4n) is 5.01. The van der Waals surface area contributed by atoms with Gasteiger partial charge in [0, 0.05) is 57.4 Å². The number of ether oxygens (including phenoxy) is 2. The minimum absolute atomic E-state index is 0.0536. The number of hydrogen-bond acceptors (Lipinski definition) is 6. The Hall–Kier alpha value is -2.45. The fourth-order valence-corrected chi connectivity index (χ4v) is 5.01. The monoisotopic (exact) mass is 471 g/mol. The maximum atomic E-state index is 13.7. The van der Waals surface area contributed by atoms with Crippen LogP contribution in [0.5, 0.6) is 5.75 Å². The number of rotatable bonds is 9. The van der Waals surface area contributed by atoms with E-state index < -0.39 is 5.60 Å². The van der Waals surface area contributed by atoms with Crippen molar-refractivity contribution in [1.82, 2.24) is 5.32 Å². The van der Waals surface area contributed by atoms with Crippen LogP contribution in [0.1, 0.15) is 52.9 Å². The average molecular weight is 472 g/mol. The minimum atomic E-state index is -0.956. The third kappa shape index (κ3) is 4.98. The number of carbonyl (C=O) groups excluding carboxylic acids is 3. The lowest BCUT2D eigenvalue weighted by atomic mass is 9.86. The summed E-state index contributed by atoms with van der Waals surface area (Å²) in [5.41, 5.74) is 0.516. The Balaban J connectivity index is 1.62. The van der Waals surface area contributed by atoms with Gasteiger partial charge in [-0.15, -0.1) is 0 Å². The van der Waals surface area contributed by atoms with Gasteiger partial charge in [-0.2, -0.15) is 0 Å². The first-order chi connectivity index (χ1) is 16.3. The van der Waals surface area contributed by atoms with Crippen LogP contribution in [0.4, 0.5) is 11.4 Å². The van der Waals surface area contributed by atoms with Crippen molar-refractivity contribution in [1.29, 1.82) is 0 Å². The first-order valence-corrected chi connectivity index (χ1v) is 12.5. The fraction of sp³-hybridized carbons (Fsp3) is 0.654. The molecule has 1 aromatic rings. The predicted molar refractivity (Wildman–Crippen MR) is 130 cm³/mol. The Kier molecular flexibility index (Phi) is 7.28. The van der Waals surface area contributed by atoms with Crippen LogP contribution in [0, 0.1) is 11.8 Å². The first kappa shape index (κ1) is 24.7. The average Bonchev–Trinajstić information content (AvgIpc) is 3.66. The number of ketones is 1. The molecule has 1 aromatic carbocycles. The van der Waals surface area contributed by atoms with Crippen molar-refractivity contribution in [2.45, 2.75) is 64.5 Å². The lowest BCUT2D eigenvalue weighted by molar-refractivity contribution is -0.132. The quantitative estimate of drug-likeness (QED) is 0.557. The predicted octanol–water partition coefficient (Wildman–Crippen LogP) is 2.93. The van der Waals surface area contributed by atoms with Crippen LogP contribution in [0.15, 0.2) is 18.2 Å². The summed E-state index contributed by atoms with van der Waals surface area (Å²) in [4.78, 5) is 42.8. The molecule has 1 N–H and O–H groups in total. The second kappa shape index (κ2) is 10.0. The summed E-state index contributed by atoms with van der Waals surface area (Å²) >= 11 is 0. The van der Waals surface area contributed by atoms with Crippen molar-refractivity contribution in [3.8, 4) is 5.75 Å². The number of amides is 2. The molecule has 3 aliphatic rings. The van der Waals surface area contributed by atoms with E-state index in [0.29, 0.717) is 56.9 Å². The van der Waals surface area contributed by atoms with Gasteiger partial charge in [-0.1, -0.05) is 6.92 Å². The van der Waals surface area contributed by atoms with E-state index in [1.165, 1.54) is 0 Å². The molecular weight excluding hydrogens is 434 g/mol. The molecular formula is C26H37N3O5. The number of hydrogen-bond donors (Lipinski definition) is 1. The number of nitrogens with zero attached hydrogens (tertiary/aromatic N) is 2. The molecule has 34 heavy (non-hydrogen) atoms. The summed E-state index contributed by atoms with van der Waals surface area (Å²) in [5, 5.41) is 3.29. The number of piperidine rings is 1. The molecule has 1 aliphatic carbocycles. The molecule has 0 bridgehead atoms. The number of benzene rings is 1. The third-order valence-electron chi connectivity index (χ3n) is 7.02. The summed E-state index contributed by atoms with van der Waals surface area (Å²) in [6.07, 6.45) is 3.70. The van der Waals surface area contributed by atoms with Crippen molar-refractivity contribution >= 4 is 29.0 Å². The molecule has 2 heterocycles. The van der Waals surface area contributed by atoms with Crippen LogP contribution in [0.2, 0.25) is 0 Å². The van der Waals surface area contributed by atoms with Gasteiger partial charge in [0.2, 0.25) is 5.91 Å². The summed E-state index contributed by atoms with van der Waals surface area (Å²) in [5.74, 6) is 0.457. The molecule has 8 heteroatoms. The highest BCUT2D eigenvalue weighted by atomic mass is 16.5. The molecule has 2 atom stereocenters. The van der Waals surface area contributed by atoms with Crippen LogP contribution in [0.3, 0.4) is 0 Å². The molecule has 0 unspecified atom stereocenters. The molecule has 1 saturated heterocycles. The maximum Gasteiger partial charge on any atom is 0.270 e. The Bertz CT molecular complexity index is 942.